The predicted molar refractivity (Wildman–Crippen MR) is 102 cm³/mol. The first-order valence-corrected chi connectivity index (χ1v) is 8.51. The smallest absolute Gasteiger partial charge is 0.229 e. The second-order valence-electron chi connectivity index (χ2n) is 5.71. The second kappa shape index (κ2) is 8.75. The largest absolute Gasteiger partial charge is 0.492 e. The molecule has 0 atom stereocenters. The number of hydrogen-bond donors (Lipinski definition) is 2. The van der Waals surface area contributed by atoms with E-state index in [1.807, 2.05) is 31.2 Å². The molecule has 0 bridgehead atoms. The molecule has 0 unspecified atom stereocenters. The molecule has 0 saturated carbocycles. The summed E-state index contributed by atoms with van der Waals surface area (Å²) in [5.74, 6) is 1.00. The van der Waals surface area contributed by atoms with Gasteiger partial charge in [-0.2, -0.15) is 0 Å². The van der Waals surface area contributed by atoms with Crippen molar-refractivity contribution in [1.82, 2.24) is 10.2 Å². The lowest BCUT2D eigenvalue weighted by Crippen LogP contribution is -2.15. The van der Waals surface area contributed by atoms with Gasteiger partial charge in [0, 0.05) is 0 Å². The molecule has 0 radical (unpaired) electrons. The van der Waals surface area contributed by atoms with Crippen LogP contribution in [0.5, 0.6) is 5.75 Å². The molecule has 138 valence electrons. The SMILES string of the molecule is CCOc1ccccc1Nc1ccc(NC(=O)Cc2ccc(F)cc2)nn1. The number of benzene rings is 2. The summed E-state index contributed by atoms with van der Waals surface area (Å²) in [6.07, 6.45) is 0.129. The Hall–Kier alpha value is -3.48. The van der Waals surface area contributed by atoms with E-state index in [0.29, 0.717) is 23.8 Å². The van der Waals surface area contributed by atoms with Crippen LogP contribution < -0.4 is 15.4 Å². The Morgan fingerprint density at radius 1 is 1.00 bits per heavy atom. The zero-order valence-corrected chi connectivity index (χ0v) is 14.8. The molecule has 0 saturated heterocycles. The first kappa shape index (κ1) is 18.3. The Balaban J connectivity index is 1.60. The van der Waals surface area contributed by atoms with E-state index in [4.69, 9.17) is 4.74 Å². The van der Waals surface area contributed by atoms with Gasteiger partial charge in [0.25, 0.3) is 0 Å². The van der Waals surface area contributed by atoms with Crippen molar-refractivity contribution in [3.05, 3.63) is 72.0 Å². The average molecular weight is 366 g/mol. The first-order chi connectivity index (χ1) is 13.1. The number of ether oxygens (including phenoxy) is 1. The molecule has 0 fully saturated rings. The Bertz CT molecular complexity index is 899. The minimum atomic E-state index is -0.334. The lowest BCUT2D eigenvalue weighted by Gasteiger charge is -2.11. The number of hydrogen-bond acceptors (Lipinski definition) is 5. The van der Waals surface area contributed by atoms with Crippen LogP contribution in [0.1, 0.15) is 12.5 Å². The number of para-hydroxylation sites is 2. The van der Waals surface area contributed by atoms with Crippen LogP contribution in [0.4, 0.5) is 21.7 Å². The van der Waals surface area contributed by atoms with Crippen LogP contribution >= 0.6 is 0 Å². The highest BCUT2D eigenvalue weighted by atomic mass is 19.1. The van der Waals surface area contributed by atoms with Crippen molar-refractivity contribution in [3.8, 4) is 5.75 Å². The van der Waals surface area contributed by atoms with E-state index < -0.39 is 0 Å². The van der Waals surface area contributed by atoms with Gasteiger partial charge in [-0.15, -0.1) is 10.2 Å². The summed E-state index contributed by atoms with van der Waals surface area (Å²) in [6.45, 7) is 2.48. The molecule has 7 heteroatoms. The predicted octanol–water partition coefficient (Wildman–Crippen LogP) is 3.94. The molecular formula is C20H19FN4O2. The zero-order valence-electron chi connectivity index (χ0n) is 14.8. The van der Waals surface area contributed by atoms with Gasteiger partial charge >= 0.3 is 0 Å². The van der Waals surface area contributed by atoms with Gasteiger partial charge in [0.15, 0.2) is 11.6 Å². The van der Waals surface area contributed by atoms with E-state index in [1.165, 1.54) is 12.1 Å². The van der Waals surface area contributed by atoms with Crippen LogP contribution in [0.25, 0.3) is 0 Å². The molecule has 0 aliphatic carbocycles. The third kappa shape index (κ3) is 5.24. The van der Waals surface area contributed by atoms with E-state index in [0.717, 1.165) is 11.4 Å². The molecule has 1 heterocycles. The molecular weight excluding hydrogens is 347 g/mol. The molecule has 0 aliphatic rings. The maximum atomic E-state index is 12.9. The maximum Gasteiger partial charge on any atom is 0.229 e. The fraction of sp³-hybridized carbons (Fsp3) is 0.150. The number of nitrogens with one attached hydrogen (secondary N) is 2. The lowest BCUT2D eigenvalue weighted by molar-refractivity contribution is -0.115. The zero-order chi connectivity index (χ0) is 19.1. The molecule has 3 aromatic rings. The summed E-state index contributed by atoms with van der Waals surface area (Å²) in [5, 5.41) is 13.9. The molecule has 27 heavy (non-hydrogen) atoms. The standard InChI is InChI=1S/C20H19FN4O2/c1-2-27-17-6-4-3-5-16(17)22-18-11-12-19(25-24-18)23-20(26)13-14-7-9-15(21)10-8-14/h3-12H,2,13H2,1H3,(H,22,24)(H,23,25,26). The van der Waals surface area contributed by atoms with E-state index in [2.05, 4.69) is 20.8 Å². The van der Waals surface area contributed by atoms with Crippen molar-refractivity contribution in [2.75, 3.05) is 17.2 Å². The summed E-state index contributed by atoms with van der Waals surface area (Å²) in [6, 6.07) is 16.7. The van der Waals surface area contributed by atoms with Crippen molar-refractivity contribution in [2.24, 2.45) is 0 Å². The molecule has 6 nitrogen and oxygen atoms in total. The van der Waals surface area contributed by atoms with Gasteiger partial charge in [-0.25, -0.2) is 4.39 Å². The van der Waals surface area contributed by atoms with E-state index in [1.54, 1.807) is 24.3 Å². The highest BCUT2D eigenvalue weighted by Crippen LogP contribution is 2.26. The fourth-order valence-corrected chi connectivity index (χ4v) is 2.43. The minimum Gasteiger partial charge on any atom is -0.492 e. The third-order valence-corrected chi connectivity index (χ3v) is 3.66. The quantitative estimate of drug-likeness (QED) is 0.662. The number of carbonyl (C=O) groups is 1. The van der Waals surface area contributed by atoms with Crippen molar-refractivity contribution in [1.29, 1.82) is 0 Å². The minimum absolute atomic E-state index is 0.129. The maximum absolute atomic E-state index is 12.9. The molecule has 1 aromatic heterocycles. The molecule has 3 rings (SSSR count). The Morgan fingerprint density at radius 3 is 2.41 bits per heavy atom. The summed E-state index contributed by atoms with van der Waals surface area (Å²) in [5.41, 5.74) is 1.49. The van der Waals surface area contributed by atoms with Crippen LogP contribution in [0.3, 0.4) is 0 Å². The van der Waals surface area contributed by atoms with Crippen molar-refractivity contribution in [2.45, 2.75) is 13.3 Å². The highest BCUT2D eigenvalue weighted by Gasteiger charge is 2.07. The lowest BCUT2D eigenvalue weighted by atomic mass is 10.1. The van der Waals surface area contributed by atoms with E-state index in [9.17, 15) is 9.18 Å². The average Bonchev–Trinajstić information content (AvgIpc) is 2.67. The van der Waals surface area contributed by atoms with Gasteiger partial charge in [0.1, 0.15) is 11.6 Å². The number of nitrogens with zero attached hydrogens (tertiary/aromatic N) is 2. The second-order valence-corrected chi connectivity index (χ2v) is 5.71. The van der Waals surface area contributed by atoms with Crippen molar-refractivity contribution in [3.63, 3.8) is 0 Å². The van der Waals surface area contributed by atoms with Crippen molar-refractivity contribution >= 4 is 23.2 Å². The number of carbonyl (C=O) groups excluding carboxylic acids is 1. The molecule has 0 spiro atoms. The Labute approximate surface area is 156 Å². The van der Waals surface area contributed by atoms with E-state index in [-0.39, 0.29) is 18.1 Å². The Morgan fingerprint density at radius 2 is 1.70 bits per heavy atom. The van der Waals surface area contributed by atoms with Crippen LogP contribution in [-0.4, -0.2) is 22.7 Å². The molecule has 0 aliphatic heterocycles. The van der Waals surface area contributed by atoms with Gasteiger partial charge in [0.2, 0.25) is 5.91 Å². The summed E-state index contributed by atoms with van der Waals surface area (Å²) in [4.78, 5) is 12.1. The fourth-order valence-electron chi connectivity index (χ4n) is 2.43. The number of anilines is 3. The van der Waals surface area contributed by atoms with Gasteiger partial charge < -0.3 is 15.4 Å². The summed E-state index contributed by atoms with van der Waals surface area (Å²) < 4.78 is 18.5. The number of rotatable bonds is 7. The number of aromatic nitrogens is 2. The normalized spacial score (nSPS) is 10.3. The van der Waals surface area contributed by atoms with Gasteiger partial charge in [-0.3, -0.25) is 4.79 Å². The first-order valence-electron chi connectivity index (χ1n) is 8.51. The van der Waals surface area contributed by atoms with Crippen molar-refractivity contribution < 1.29 is 13.9 Å². The van der Waals surface area contributed by atoms with Gasteiger partial charge in [0.05, 0.1) is 18.7 Å². The molecule has 1 amide bonds. The highest BCUT2D eigenvalue weighted by molar-refractivity contribution is 5.91. The molecule has 2 N–H and O–H groups in total. The van der Waals surface area contributed by atoms with Crippen LogP contribution in [0, 0.1) is 5.82 Å². The topological polar surface area (TPSA) is 76.1 Å². The van der Waals surface area contributed by atoms with Crippen LogP contribution in [0.15, 0.2) is 60.7 Å². The van der Waals surface area contributed by atoms with E-state index >= 15 is 0 Å². The number of halogens is 1. The summed E-state index contributed by atoms with van der Waals surface area (Å²) >= 11 is 0. The van der Waals surface area contributed by atoms with Gasteiger partial charge in [-0.1, -0.05) is 24.3 Å². The van der Waals surface area contributed by atoms with Crippen LogP contribution in [0.2, 0.25) is 0 Å². The monoisotopic (exact) mass is 366 g/mol. The van der Waals surface area contributed by atoms with Gasteiger partial charge in [-0.05, 0) is 48.9 Å². The third-order valence-electron chi connectivity index (χ3n) is 3.66. The summed E-state index contributed by atoms with van der Waals surface area (Å²) in [7, 11) is 0. The number of amides is 1. The molecule has 2 aromatic carbocycles. The Kier molecular flexibility index (Phi) is 5.94. The van der Waals surface area contributed by atoms with Crippen LogP contribution in [-0.2, 0) is 11.2 Å².